The molecule has 2 N–H and O–H groups in total. The number of carbonyl (C=O) groups is 1. The number of ether oxygens (including phenoxy) is 1. The van der Waals surface area contributed by atoms with Gasteiger partial charge in [0.25, 0.3) is 0 Å². The van der Waals surface area contributed by atoms with Gasteiger partial charge < -0.3 is 15.4 Å². The highest BCUT2D eigenvalue weighted by Gasteiger charge is 2.36. The molecule has 4 rings (SSSR count). The van der Waals surface area contributed by atoms with Crippen molar-refractivity contribution in [1.82, 2.24) is 14.6 Å². The van der Waals surface area contributed by atoms with Gasteiger partial charge in [0.2, 0.25) is 0 Å². The fourth-order valence-corrected chi connectivity index (χ4v) is 3.60. The Morgan fingerprint density at radius 3 is 2.90 bits per heavy atom. The van der Waals surface area contributed by atoms with Gasteiger partial charge in [-0.1, -0.05) is 0 Å². The van der Waals surface area contributed by atoms with E-state index in [0.29, 0.717) is 0 Å². The van der Waals surface area contributed by atoms with Crippen LogP contribution in [0.1, 0.15) is 35.3 Å². The number of halogens is 3. The molecule has 0 spiro atoms. The van der Waals surface area contributed by atoms with Gasteiger partial charge in [-0.05, 0) is 31.2 Å². The Morgan fingerprint density at radius 1 is 1.34 bits per heavy atom. The number of nitrogen functional groups attached to an aromatic ring is 1. The molecule has 3 heterocycles. The van der Waals surface area contributed by atoms with E-state index < -0.39 is 29.8 Å². The van der Waals surface area contributed by atoms with E-state index in [2.05, 4.69) is 10.1 Å². The van der Waals surface area contributed by atoms with E-state index in [4.69, 9.17) is 10.5 Å². The van der Waals surface area contributed by atoms with Crippen molar-refractivity contribution in [2.75, 3.05) is 23.8 Å². The van der Waals surface area contributed by atoms with Crippen molar-refractivity contribution in [2.24, 2.45) is 0 Å². The van der Waals surface area contributed by atoms with Crippen LogP contribution in [0.3, 0.4) is 0 Å². The third-order valence-corrected chi connectivity index (χ3v) is 4.84. The van der Waals surface area contributed by atoms with Gasteiger partial charge in [-0.15, -0.1) is 5.10 Å². The van der Waals surface area contributed by atoms with Crippen LogP contribution in [0.25, 0.3) is 5.65 Å². The number of anilines is 2. The van der Waals surface area contributed by atoms with Crippen molar-refractivity contribution < 1.29 is 22.7 Å². The lowest BCUT2D eigenvalue weighted by Crippen LogP contribution is -2.25. The topological polar surface area (TPSA) is 85.8 Å². The molecule has 29 heavy (non-hydrogen) atoms. The lowest BCUT2D eigenvalue weighted by Gasteiger charge is -2.26. The fourth-order valence-electron chi connectivity index (χ4n) is 3.60. The lowest BCUT2D eigenvalue weighted by molar-refractivity contribution is 0.0529. The summed E-state index contributed by atoms with van der Waals surface area (Å²) in [5.41, 5.74) is 6.01. The Kier molecular flexibility index (Phi) is 4.77. The number of benzene rings is 1. The monoisotopic (exact) mass is 405 g/mol. The molecule has 1 aromatic carbocycles. The van der Waals surface area contributed by atoms with Crippen molar-refractivity contribution in [1.29, 1.82) is 0 Å². The van der Waals surface area contributed by atoms with Crippen LogP contribution in [0.15, 0.2) is 30.5 Å². The Bertz CT molecular complexity index is 1090. The zero-order valence-corrected chi connectivity index (χ0v) is 15.5. The molecule has 0 saturated carbocycles. The number of esters is 1. The minimum Gasteiger partial charge on any atom is -0.462 e. The molecule has 1 aliphatic rings. The Labute approximate surface area is 163 Å². The lowest BCUT2D eigenvalue weighted by atomic mass is 10.0. The molecule has 0 unspecified atom stereocenters. The first-order valence-corrected chi connectivity index (χ1v) is 9.06. The minimum absolute atomic E-state index is 0.00168. The summed E-state index contributed by atoms with van der Waals surface area (Å²) in [5.74, 6) is -1.68. The normalized spacial score (nSPS) is 19.1. The summed E-state index contributed by atoms with van der Waals surface area (Å²) in [4.78, 5) is 18.2. The molecular formula is C19H18F3N5O2. The molecule has 2 atom stereocenters. The maximum atomic E-state index is 14.3. The summed E-state index contributed by atoms with van der Waals surface area (Å²) in [5, 5.41) is 4.03. The molecule has 1 aliphatic heterocycles. The number of aromatic nitrogens is 3. The molecule has 0 aliphatic carbocycles. The third kappa shape index (κ3) is 3.34. The molecule has 1 fully saturated rings. The quantitative estimate of drug-likeness (QED) is 0.672. The molecule has 0 bridgehead atoms. The first kappa shape index (κ1) is 19.0. The second-order valence-electron chi connectivity index (χ2n) is 6.70. The fraction of sp³-hybridized carbons (Fsp3) is 0.316. The van der Waals surface area contributed by atoms with Gasteiger partial charge >= 0.3 is 5.97 Å². The number of rotatable bonds is 4. The predicted molar refractivity (Wildman–Crippen MR) is 99.3 cm³/mol. The van der Waals surface area contributed by atoms with E-state index in [0.717, 1.165) is 18.2 Å². The van der Waals surface area contributed by atoms with Crippen LogP contribution in [0.2, 0.25) is 0 Å². The number of nitrogens with zero attached hydrogens (tertiary/aromatic N) is 4. The van der Waals surface area contributed by atoms with Gasteiger partial charge in [-0.2, -0.15) is 0 Å². The van der Waals surface area contributed by atoms with E-state index in [9.17, 15) is 18.0 Å². The summed E-state index contributed by atoms with van der Waals surface area (Å²) in [7, 11) is 0. The minimum atomic E-state index is -1.25. The van der Waals surface area contributed by atoms with Crippen LogP contribution in [-0.2, 0) is 4.74 Å². The average Bonchev–Trinajstić information content (AvgIpc) is 3.22. The second kappa shape index (κ2) is 7.26. The largest absolute Gasteiger partial charge is 0.462 e. The van der Waals surface area contributed by atoms with Gasteiger partial charge in [-0.3, -0.25) is 0 Å². The number of hydrogen-bond acceptors (Lipinski definition) is 6. The average molecular weight is 405 g/mol. The maximum absolute atomic E-state index is 14.3. The van der Waals surface area contributed by atoms with Gasteiger partial charge in [-0.25, -0.2) is 27.5 Å². The highest BCUT2D eigenvalue weighted by molar-refractivity contribution is 6.00. The predicted octanol–water partition coefficient (Wildman–Crippen LogP) is 3.06. The standard InChI is InChI=1S/C19H18F3N5O2/c1-2-29-19(28)16-17(23)25-27-6-5-15(24-18(16)27)26-9-11(21)8-14(26)12-7-10(20)3-4-13(12)22/h3-7,11,14H,2,8-9H2,1H3,(H2,23,25)/t11-,14+/m0/s1. The molecular weight excluding hydrogens is 387 g/mol. The highest BCUT2D eigenvalue weighted by Crippen LogP contribution is 2.38. The van der Waals surface area contributed by atoms with E-state index in [1.54, 1.807) is 17.9 Å². The van der Waals surface area contributed by atoms with Crippen molar-refractivity contribution >= 4 is 23.3 Å². The summed E-state index contributed by atoms with van der Waals surface area (Å²) >= 11 is 0. The first-order valence-electron chi connectivity index (χ1n) is 9.06. The number of fused-ring (bicyclic) bond motifs is 1. The van der Waals surface area contributed by atoms with Crippen LogP contribution in [0, 0.1) is 11.6 Å². The van der Waals surface area contributed by atoms with Gasteiger partial charge in [0.05, 0.1) is 19.2 Å². The number of hydrogen-bond donors (Lipinski definition) is 1. The Morgan fingerprint density at radius 2 is 2.14 bits per heavy atom. The molecule has 0 radical (unpaired) electrons. The molecule has 0 amide bonds. The van der Waals surface area contributed by atoms with E-state index in [1.807, 2.05) is 0 Å². The van der Waals surface area contributed by atoms with Crippen LogP contribution in [0.4, 0.5) is 24.8 Å². The SMILES string of the molecule is CCOC(=O)c1c(N)nn2ccc(N3C[C@@H](F)C[C@@H]3c3cc(F)ccc3F)nc12. The van der Waals surface area contributed by atoms with Crippen molar-refractivity contribution in [3.05, 3.63) is 53.2 Å². The van der Waals surface area contributed by atoms with Crippen LogP contribution >= 0.6 is 0 Å². The molecule has 152 valence electrons. The third-order valence-electron chi connectivity index (χ3n) is 4.84. The molecule has 10 heteroatoms. The summed E-state index contributed by atoms with van der Waals surface area (Å²) < 4.78 is 48.6. The Hall–Kier alpha value is -3.30. The summed E-state index contributed by atoms with van der Waals surface area (Å²) in [6.45, 7) is 1.75. The number of carbonyl (C=O) groups excluding carboxylic acids is 1. The maximum Gasteiger partial charge on any atom is 0.345 e. The highest BCUT2D eigenvalue weighted by atomic mass is 19.1. The molecule has 7 nitrogen and oxygen atoms in total. The van der Waals surface area contributed by atoms with Crippen molar-refractivity contribution in [3.8, 4) is 0 Å². The zero-order valence-electron chi connectivity index (χ0n) is 15.5. The van der Waals surface area contributed by atoms with E-state index >= 15 is 0 Å². The van der Waals surface area contributed by atoms with Crippen molar-refractivity contribution in [2.45, 2.75) is 25.6 Å². The number of nitrogens with two attached hydrogens (primary N) is 1. The Balaban J connectivity index is 1.79. The molecule has 2 aromatic heterocycles. The smallest absolute Gasteiger partial charge is 0.345 e. The van der Waals surface area contributed by atoms with Crippen molar-refractivity contribution in [3.63, 3.8) is 0 Å². The van der Waals surface area contributed by atoms with Crippen LogP contribution in [0.5, 0.6) is 0 Å². The first-order chi connectivity index (χ1) is 13.9. The van der Waals surface area contributed by atoms with Crippen LogP contribution in [-0.4, -0.2) is 39.9 Å². The second-order valence-corrected chi connectivity index (χ2v) is 6.70. The van der Waals surface area contributed by atoms with E-state index in [1.165, 1.54) is 10.7 Å². The summed E-state index contributed by atoms with van der Waals surface area (Å²) in [6.07, 6.45) is 0.251. The van der Waals surface area contributed by atoms with Crippen LogP contribution < -0.4 is 10.6 Å². The van der Waals surface area contributed by atoms with E-state index in [-0.39, 0.29) is 48.0 Å². The van der Waals surface area contributed by atoms with Gasteiger partial charge in [0.15, 0.2) is 11.5 Å². The number of alkyl halides is 1. The summed E-state index contributed by atoms with van der Waals surface area (Å²) in [6, 6.07) is 3.89. The van der Waals surface area contributed by atoms with Gasteiger partial charge in [0, 0.05) is 18.2 Å². The molecule has 1 saturated heterocycles. The zero-order chi connectivity index (χ0) is 20.7. The van der Waals surface area contributed by atoms with Gasteiger partial charge in [0.1, 0.15) is 29.2 Å². The molecule has 3 aromatic rings.